The van der Waals surface area contributed by atoms with Crippen LogP contribution in [-0.4, -0.2) is 5.66 Å². The molecule has 2 heteroatoms. The summed E-state index contributed by atoms with van der Waals surface area (Å²) in [5.74, 6) is 0. The van der Waals surface area contributed by atoms with Crippen LogP contribution in [0.25, 0.3) is 0 Å². The van der Waals surface area contributed by atoms with Gasteiger partial charge in [0.1, 0.15) is 0 Å². The zero-order chi connectivity index (χ0) is 12.2. The van der Waals surface area contributed by atoms with Crippen molar-refractivity contribution >= 4 is 18.5 Å². The van der Waals surface area contributed by atoms with Crippen molar-refractivity contribution in [1.29, 1.82) is 0 Å². The van der Waals surface area contributed by atoms with Crippen LogP contribution in [-0.2, 0) is 0 Å². The van der Waals surface area contributed by atoms with Gasteiger partial charge in [-0.3, -0.25) is 0 Å². The average molecular weight is 260 g/mol. The third kappa shape index (κ3) is 3.52. The summed E-state index contributed by atoms with van der Waals surface area (Å²) < 4.78 is 0. The Bertz CT molecular complexity index is 438. The molecule has 1 fully saturated rings. The van der Waals surface area contributed by atoms with Crippen LogP contribution in [0.1, 0.15) is 19.3 Å². The predicted molar refractivity (Wildman–Crippen MR) is 81.0 cm³/mol. The fourth-order valence-corrected chi connectivity index (χ4v) is 5.62. The maximum Gasteiger partial charge on any atom is 1.00 e. The van der Waals surface area contributed by atoms with Gasteiger partial charge in [-0.1, -0.05) is 67.1 Å². The van der Waals surface area contributed by atoms with E-state index in [2.05, 4.69) is 67.1 Å². The molecule has 0 heterocycles. The van der Waals surface area contributed by atoms with Crippen molar-refractivity contribution in [2.24, 2.45) is 0 Å². The SMILES string of the molecule is [Li+].c1ccc(P(c2ccccc2)C2C[CH-]CC2)cc1. The first-order valence-corrected chi connectivity index (χ1v) is 8.07. The Morgan fingerprint density at radius 1 is 0.842 bits per heavy atom. The maximum absolute atomic E-state index is 2.46. The molecule has 1 atom stereocenters. The molecule has 0 aliphatic heterocycles. The van der Waals surface area contributed by atoms with Crippen LogP contribution in [0.3, 0.4) is 0 Å². The first kappa shape index (κ1) is 14.9. The molecule has 0 amide bonds. The van der Waals surface area contributed by atoms with E-state index in [1.807, 2.05) is 0 Å². The second kappa shape index (κ2) is 7.30. The molecule has 0 saturated heterocycles. The zero-order valence-corrected chi connectivity index (χ0v) is 12.4. The minimum Gasteiger partial charge on any atom is -0.328 e. The van der Waals surface area contributed by atoms with E-state index in [4.69, 9.17) is 0 Å². The van der Waals surface area contributed by atoms with Crippen molar-refractivity contribution in [2.75, 3.05) is 0 Å². The monoisotopic (exact) mass is 260 g/mol. The van der Waals surface area contributed by atoms with Crippen LogP contribution in [0.4, 0.5) is 0 Å². The standard InChI is InChI=1S/C17H18P.Li/c1-3-9-15(10-4-1)18(17-13-7-8-14-17)16-11-5-2-6-12-16;/h1-7,9-12,17H,8,13-14H2;/q-1;+1. The first-order valence-electron chi connectivity index (χ1n) is 6.66. The molecule has 19 heavy (non-hydrogen) atoms. The zero-order valence-electron chi connectivity index (χ0n) is 11.5. The third-order valence-electron chi connectivity index (χ3n) is 3.58. The van der Waals surface area contributed by atoms with Gasteiger partial charge in [-0.05, 0) is 24.2 Å². The van der Waals surface area contributed by atoms with Crippen LogP contribution >= 0.6 is 7.92 Å². The Kier molecular flexibility index (Phi) is 5.71. The molecule has 3 rings (SSSR count). The van der Waals surface area contributed by atoms with Crippen molar-refractivity contribution < 1.29 is 18.9 Å². The molecule has 2 aromatic rings. The van der Waals surface area contributed by atoms with E-state index < -0.39 is 0 Å². The van der Waals surface area contributed by atoms with Crippen LogP contribution in [0.5, 0.6) is 0 Å². The second-order valence-corrected chi connectivity index (χ2v) is 7.30. The van der Waals surface area contributed by atoms with Gasteiger partial charge in [0.25, 0.3) is 0 Å². The van der Waals surface area contributed by atoms with Gasteiger partial charge in [0.2, 0.25) is 0 Å². The molecule has 0 spiro atoms. The minimum atomic E-state index is -0.183. The van der Waals surface area contributed by atoms with E-state index in [9.17, 15) is 0 Å². The van der Waals surface area contributed by atoms with Gasteiger partial charge in [0.15, 0.2) is 0 Å². The smallest absolute Gasteiger partial charge is 0.328 e. The summed E-state index contributed by atoms with van der Waals surface area (Å²) in [5.41, 5.74) is 0.838. The molecule has 1 unspecified atom stereocenters. The molecular formula is C17H18LiP. The number of hydrogen-bond donors (Lipinski definition) is 0. The predicted octanol–water partition coefficient (Wildman–Crippen LogP) is 0.880. The molecule has 0 bridgehead atoms. The minimum absolute atomic E-state index is 0. The summed E-state index contributed by atoms with van der Waals surface area (Å²) in [6.07, 6.45) is 6.40. The molecule has 0 N–H and O–H groups in total. The largest absolute Gasteiger partial charge is 1.00 e. The average Bonchev–Trinajstić information content (AvgIpc) is 2.95. The fraction of sp³-hybridized carbons (Fsp3) is 0.235. The van der Waals surface area contributed by atoms with E-state index in [1.54, 1.807) is 0 Å². The Hall–Kier alpha value is -0.533. The Morgan fingerprint density at radius 2 is 1.37 bits per heavy atom. The second-order valence-electron chi connectivity index (χ2n) is 4.80. The quantitative estimate of drug-likeness (QED) is 0.436. The van der Waals surface area contributed by atoms with Gasteiger partial charge in [0, 0.05) is 0 Å². The van der Waals surface area contributed by atoms with E-state index in [1.165, 1.54) is 29.9 Å². The van der Waals surface area contributed by atoms with Crippen molar-refractivity contribution in [3.8, 4) is 0 Å². The molecule has 1 aliphatic rings. The Labute approximate surface area is 129 Å². The maximum atomic E-state index is 2.46. The summed E-state index contributed by atoms with van der Waals surface area (Å²) in [4.78, 5) is 0. The van der Waals surface area contributed by atoms with Gasteiger partial charge in [-0.2, -0.15) is 12.8 Å². The van der Waals surface area contributed by atoms with Crippen LogP contribution in [0, 0.1) is 6.42 Å². The Balaban J connectivity index is 0.00000133. The molecule has 0 radical (unpaired) electrons. The first-order chi connectivity index (χ1) is 8.95. The number of hydrogen-bond acceptors (Lipinski definition) is 0. The molecule has 0 nitrogen and oxygen atoms in total. The van der Waals surface area contributed by atoms with E-state index >= 15 is 0 Å². The number of rotatable bonds is 3. The topological polar surface area (TPSA) is 0 Å². The van der Waals surface area contributed by atoms with E-state index in [0.29, 0.717) is 0 Å². The van der Waals surface area contributed by atoms with Crippen LogP contribution in [0.15, 0.2) is 60.7 Å². The summed E-state index contributed by atoms with van der Waals surface area (Å²) in [5, 5.41) is 3.05. The molecule has 1 saturated carbocycles. The van der Waals surface area contributed by atoms with Crippen molar-refractivity contribution in [3.63, 3.8) is 0 Å². The molecule has 2 aromatic carbocycles. The van der Waals surface area contributed by atoms with Crippen molar-refractivity contribution in [1.82, 2.24) is 0 Å². The van der Waals surface area contributed by atoms with Crippen LogP contribution < -0.4 is 29.5 Å². The van der Waals surface area contributed by atoms with Crippen molar-refractivity contribution in [3.05, 3.63) is 67.1 Å². The molecule has 92 valence electrons. The molecular weight excluding hydrogens is 242 g/mol. The third-order valence-corrected chi connectivity index (χ3v) is 6.48. The van der Waals surface area contributed by atoms with Gasteiger partial charge in [0.05, 0.1) is 0 Å². The molecule has 1 aliphatic carbocycles. The van der Waals surface area contributed by atoms with Gasteiger partial charge < -0.3 is 6.42 Å². The Morgan fingerprint density at radius 3 is 1.79 bits per heavy atom. The van der Waals surface area contributed by atoms with E-state index in [0.717, 1.165) is 5.66 Å². The number of benzene rings is 2. The van der Waals surface area contributed by atoms with Gasteiger partial charge in [-0.25, -0.2) is 0 Å². The van der Waals surface area contributed by atoms with Gasteiger partial charge in [-0.15, -0.1) is 0 Å². The van der Waals surface area contributed by atoms with Crippen molar-refractivity contribution in [2.45, 2.75) is 24.9 Å². The summed E-state index contributed by atoms with van der Waals surface area (Å²) in [6, 6.07) is 22.1. The normalized spacial score (nSPS) is 18.3. The summed E-state index contributed by atoms with van der Waals surface area (Å²) >= 11 is 0. The fourth-order valence-electron chi connectivity index (χ4n) is 2.72. The summed E-state index contributed by atoms with van der Waals surface area (Å²) in [6.45, 7) is 0. The van der Waals surface area contributed by atoms with E-state index in [-0.39, 0.29) is 26.8 Å². The van der Waals surface area contributed by atoms with Crippen LogP contribution in [0.2, 0.25) is 0 Å². The summed E-state index contributed by atoms with van der Waals surface area (Å²) in [7, 11) is -0.183. The van der Waals surface area contributed by atoms with Gasteiger partial charge >= 0.3 is 18.9 Å². The molecule has 0 aromatic heterocycles.